The van der Waals surface area contributed by atoms with Crippen LogP contribution in [0.4, 0.5) is 0 Å². The summed E-state index contributed by atoms with van der Waals surface area (Å²) in [6, 6.07) is 13.3. The maximum atomic E-state index is 13.3. The van der Waals surface area contributed by atoms with Crippen LogP contribution in [0.5, 0.6) is 5.75 Å². The maximum Gasteiger partial charge on any atom is 0.270 e. The molecule has 3 aliphatic rings. The molecule has 2 heterocycles. The average Bonchev–Trinajstić information content (AvgIpc) is 3.39. The van der Waals surface area contributed by atoms with Crippen LogP contribution in [-0.4, -0.2) is 33.7 Å². The average molecular weight is 459 g/mol. The van der Waals surface area contributed by atoms with Gasteiger partial charge >= 0.3 is 0 Å². The topological polar surface area (TPSA) is 90.1 Å². The van der Waals surface area contributed by atoms with E-state index in [4.69, 9.17) is 9.15 Å². The Morgan fingerprint density at radius 1 is 1.18 bits per heavy atom. The minimum Gasteiger partial charge on any atom is -0.497 e. The van der Waals surface area contributed by atoms with Crippen LogP contribution in [0.3, 0.4) is 0 Å². The minimum atomic E-state index is -0.252. The largest absolute Gasteiger partial charge is 0.497 e. The number of aromatic nitrogens is 3. The van der Waals surface area contributed by atoms with E-state index in [1.165, 1.54) is 6.42 Å². The quantitative estimate of drug-likeness (QED) is 0.587. The lowest BCUT2D eigenvalue weighted by molar-refractivity contribution is 0.0856. The maximum absolute atomic E-state index is 13.3. The third-order valence-electron chi connectivity index (χ3n) is 8.28. The number of ether oxygens (including phenoxy) is 1. The number of rotatable bonds is 5. The van der Waals surface area contributed by atoms with Crippen LogP contribution in [-0.2, 0) is 5.41 Å². The molecular formula is C27H30N4O3. The van der Waals surface area contributed by atoms with Crippen LogP contribution < -0.4 is 10.1 Å². The van der Waals surface area contributed by atoms with Gasteiger partial charge in [-0.1, -0.05) is 25.0 Å². The molecule has 0 saturated heterocycles. The summed E-state index contributed by atoms with van der Waals surface area (Å²) in [5.41, 5.74) is 1.75. The van der Waals surface area contributed by atoms with Crippen molar-refractivity contribution in [3.8, 4) is 17.2 Å². The van der Waals surface area contributed by atoms with Crippen molar-refractivity contribution in [2.45, 2.75) is 62.8 Å². The highest BCUT2D eigenvalue weighted by molar-refractivity contribution is 5.93. The zero-order valence-electron chi connectivity index (χ0n) is 19.7. The normalized spacial score (nSPS) is 29.6. The van der Waals surface area contributed by atoms with Gasteiger partial charge in [0.05, 0.1) is 12.5 Å². The third kappa shape index (κ3) is 3.49. The summed E-state index contributed by atoms with van der Waals surface area (Å²) in [6.07, 6.45) is 7.34. The van der Waals surface area contributed by atoms with Crippen molar-refractivity contribution < 1.29 is 13.9 Å². The van der Waals surface area contributed by atoms with E-state index >= 15 is 0 Å². The molecule has 34 heavy (non-hydrogen) atoms. The molecule has 0 aliphatic heterocycles. The van der Waals surface area contributed by atoms with Gasteiger partial charge < -0.3 is 14.5 Å². The number of methoxy groups -OCH3 is 1. The van der Waals surface area contributed by atoms with Crippen molar-refractivity contribution in [1.82, 2.24) is 20.5 Å². The summed E-state index contributed by atoms with van der Waals surface area (Å²) < 4.78 is 11.7. The van der Waals surface area contributed by atoms with Crippen LogP contribution in [0.15, 0.2) is 46.9 Å². The molecule has 3 fully saturated rings. The van der Waals surface area contributed by atoms with Gasteiger partial charge in [0, 0.05) is 16.8 Å². The zero-order chi connectivity index (χ0) is 23.3. The van der Waals surface area contributed by atoms with Gasteiger partial charge in [-0.25, -0.2) is 4.98 Å². The molecule has 3 aromatic rings. The Balaban J connectivity index is 1.33. The second-order valence-electron chi connectivity index (χ2n) is 10.5. The minimum absolute atomic E-state index is 0.0764. The molecule has 4 unspecified atom stereocenters. The number of fused-ring (bicyclic) bond motifs is 2. The van der Waals surface area contributed by atoms with Gasteiger partial charge in [0.25, 0.3) is 5.91 Å². The molecule has 1 amide bonds. The molecule has 3 bridgehead atoms. The van der Waals surface area contributed by atoms with Gasteiger partial charge in [0.1, 0.15) is 11.4 Å². The van der Waals surface area contributed by atoms with E-state index in [-0.39, 0.29) is 16.9 Å². The summed E-state index contributed by atoms with van der Waals surface area (Å²) in [6.45, 7) is 1.92. The Morgan fingerprint density at radius 2 is 2.06 bits per heavy atom. The van der Waals surface area contributed by atoms with E-state index in [9.17, 15) is 4.79 Å². The summed E-state index contributed by atoms with van der Waals surface area (Å²) in [5, 5.41) is 12.5. The van der Waals surface area contributed by atoms with Crippen molar-refractivity contribution in [2.75, 3.05) is 7.11 Å². The first-order chi connectivity index (χ1) is 16.5. The molecule has 7 nitrogen and oxygen atoms in total. The number of amides is 1. The fourth-order valence-corrected chi connectivity index (χ4v) is 6.94. The first-order valence-corrected chi connectivity index (χ1v) is 12.2. The second-order valence-corrected chi connectivity index (χ2v) is 10.5. The summed E-state index contributed by atoms with van der Waals surface area (Å²) >= 11 is 0. The van der Waals surface area contributed by atoms with E-state index < -0.39 is 0 Å². The number of hydrogen-bond donors (Lipinski definition) is 1. The van der Waals surface area contributed by atoms with E-state index in [1.54, 1.807) is 13.2 Å². The molecule has 4 atom stereocenters. The van der Waals surface area contributed by atoms with Gasteiger partial charge in [-0.2, -0.15) is 0 Å². The van der Waals surface area contributed by atoms with E-state index in [0.29, 0.717) is 29.3 Å². The highest BCUT2D eigenvalue weighted by Gasteiger charge is 2.62. The first kappa shape index (κ1) is 21.3. The molecule has 176 valence electrons. The first-order valence-electron chi connectivity index (χ1n) is 12.2. The highest BCUT2D eigenvalue weighted by atomic mass is 16.5. The Morgan fingerprint density at radius 3 is 2.91 bits per heavy atom. The van der Waals surface area contributed by atoms with Crippen molar-refractivity contribution in [2.24, 2.45) is 11.8 Å². The number of carbonyl (C=O) groups is 1. The number of aryl methyl sites for hydroxylation is 1. The molecule has 7 heteroatoms. The van der Waals surface area contributed by atoms with Crippen LogP contribution in [0.25, 0.3) is 11.5 Å². The predicted octanol–water partition coefficient (Wildman–Crippen LogP) is 4.86. The van der Waals surface area contributed by atoms with Crippen molar-refractivity contribution in [3.63, 3.8) is 0 Å². The second kappa shape index (κ2) is 7.93. The number of benzene rings is 1. The molecule has 1 aromatic carbocycles. The van der Waals surface area contributed by atoms with Crippen LogP contribution in [0.2, 0.25) is 0 Å². The molecule has 3 aliphatic carbocycles. The summed E-state index contributed by atoms with van der Waals surface area (Å²) in [7, 11) is 1.65. The van der Waals surface area contributed by atoms with Gasteiger partial charge in [0.15, 0.2) is 0 Å². The van der Waals surface area contributed by atoms with Crippen LogP contribution in [0.1, 0.15) is 67.0 Å². The van der Waals surface area contributed by atoms with Gasteiger partial charge in [-0.15, -0.1) is 10.2 Å². The van der Waals surface area contributed by atoms with Crippen molar-refractivity contribution >= 4 is 5.91 Å². The number of hydrogen-bond acceptors (Lipinski definition) is 6. The zero-order valence-corrected chi connectivity index (χ0v) is 19.7. The monoisotopic (exact) mass is 458 g/mol. The van der Waals surface area contributed by atoms with Gasteiger partial charge in [-0.05, 0) is 81.2 Å². The smallest absolute Gasteiger partial charge is 0.270 e. The fourth-order valence-electron chi connectivity index (χ4n) is 6.94. The Kier molecular flexibility index (Phi) is 4.97. The summed E-state index contributed by atoms with van der Waals surface area (Å²) in [4.78, 5) is 17.8. The fraction of sp³-hybridized carbons (Fsp3) is 0.481. The molecule has 3 saturated carbocycles. The van der Waals surface area contributed by atoms with E-state index in [1.807, 2.05) is 43.3 Å². The molecule has 1 N–H and O–H groups in total. The third-order valence-corrected chi connectivity index (χ3v) is 8.28. The van der Waals surface area contributed by atoms with Crippen LogP contribution in [0, 0.1) is 18.8 Å². The molecular weight excluding hydrogens is 428 g/mol. The predicted molar refractivity (Wildman–Crippen MR) is 126 cm³/mol. The highest BCUT2D eigenvalue weighted by Crippen LogP contribution is 2.62. The van der Waals surface area contributed by atoms with Gasteiger partial charge in [0.2, 0.25) is 11.8 Å². The Labute approximate surface area is 199 Å². The lowest BCUT2D eigenvalue weighted by atomic mass is 9.69. The molecule has 2 aromatic heterocycles. The van der Waals surface area contributed by atoms with Crippen LogP contribution >= 0.6 is 0 Å². The Hall–Kier alpha value is -3.22. The van der Waals surface area contributed by atoms with E-state index in [2.05, 4.69) is 20.5 Å². The van der Waals surface area contributed by atoms with Gasteiger partial charge in [-0.3, -0.25) is 4.79 Å². The molecule has 6 rings (SSSR count). The molecule has 0 spiro atoms. The SMILES string of the molecule is COc1cccc(-c2nnc(C34CC5CCCC(NC(=O)c6cccc(C)n6)(C3)C(C5)C4)o2)c1. The lowest BCUT2D eigenvalue weighted by Gasteiger charge is -2.35. The summed E-state index contributed by atoms with van der Waals surface area (Å²) in [5.74, 6) is 2.96. The standard InChI is InChI=1S/C27H30N4O3/c1-17-6-3-10-22(28-17)23(32)29-27-11-5-7-18-12-20(27)15-26(14-18,16-27)25-31-30-24(34-25)19-8-4-9-21(13-19)33-2/h3-4,6,8-10,13,18,20H,5,7,11-12,14-16H2,1-2H3,(H,29,32). The molecule has 0 radical (unpaired) electrons. The Bertz CT molecular complexity index is 1240. The lowest BCUT2D eigenvalue weighted by Crippen LogP contribution is -2.51. The number of nitrogens with zero attached hydrogens (tertiary/aromatic N) is 3. The number of nitrogens with one attached hydrogen (secondary N) is 1. The van der Waals surface area contributed by atoms with Crippen molar-refractivity contribution in [1.29, 1.82) is 0 Å². The number of carbonyl (C=O) groups excluding carboxylic acids is 1. The van der Waals surface area contributed by atoms with Crippen molar-refractivity contribution in [3.05, 3.63) is 59.7 Å². The van der Waals surface area contributed by atoms with E-state index in [0.717, 1.165) is 55.5 Å². The number of pyridine rings is 1.